The normalized spacial score (nSPS) is 18.0. The Morgan fingerprint density at radius 1 is 1.11 bits per heavy atom. The molecule has 2 aromatic rings. The Hall–Kier alpha value is -2.93. The second kappa shape index (κ2) is 7.98. The maximum Gasteiger partial charge on any atom is 0.322 e. The highest BCUT2D eigenvalue weighted by molar-refractivity contribution is 5.95. The molecule has 146 valence electrons. The predicted octanol–water partition coefficient (Wildman–Crippen LogP) is 3.28. The zero-order chi connectivity index (χ0) is 19.5. The molecule has 2 N–H and O–H groups in total. The van der Waals surface area contributed by atoms with Gasteiger partial charge in [0.2, 0.25) is 0 Å². The summed E-state index contributed by atoms with van der Waals surface area (Å²) in [5.41, 5.74) is 2.91. The first-order chi connectivity index (χ1) is 13.6. The highest BCUT2D eigenvalue weighted by atomic mass is 19.1. The van der Waals surface area contributed by atoms with Crippen LogP contribution in [0.5, 0.6) is 0 Å². The highest BCUT2D eigenvalue weighted by Gasteiger charge is 2.23. The number of halogens is 1. The van der Waals surface area contributed by atoms with Gasteiger partial charge in [0.05, 0.1) is 6.10 Å². The van der Waals surface area contributed by atoms with Crippen molar-refractivity contribution < 1.29 is 18.7 Å². The van der Waals surface area contributed by atoms with Crippen LogP contribution < -0.4 is 10.6 Å². The van der Waals surface area contributed by atoms with E-state index in [0.29, 0.717) is 30.9 Å². The molecule has 0 saturated carbocycles. The van der Waals surface area contributed by atoms with E-state index in [2.05, 4.69) is 10.6 Å². The number of hydrogen-bond acceptors (Lipinski definition) is 3. The Bertz CT molecular complexity index is 879. The molecule has 1 saturated heterocycles. The summed E-state index contributed by atoms with van der Waals surface area (Å²) in [6.07, 6.45) is 2.10. The number of rotatable bonds is 4. The monoisotopic (exact) mass is 383 g/mol. The van der Waals surface area contributed by atoms with E-state index < -0.39 is 0 Å². The van der Waals surface area contributed by atoms with Gasteiger partial charge >= 0.3 is 6.03 Å². The SMILES string of the molecule is O=C(NC[C@@H]1CCCO1)c1ccc(NC(=O)N2Cc3ccc(F)cc3C2)cc1. The van der Waals surface area contributed by atoms with Gasteiger partial charge in [-0.3, -0.25) is 4.79 Å². The first-order valence-electron chi connectivity index (χ1n) is 9.41. The summed E-state index contributed by atoms with van der Waals surface area (Å²) >= 11 is 0. The molecule has 28 heavy (non-hydrogen) atoms. The van der Waals surface area contributed by atoms with Gasteiger partial charge in [-0.2, -0.15) is 0 Å². The number of nitrogens with one attached hydrogen (secondary N) is 2. The zero-order valence-electron chi connectivity index (χ0n) is 15.4. The predicted molar refractivity (Wildman–Crippen MR) is 102 cm³/mol. The summed E-state index contributed by atoms with van der Waals surface area (Å²) in [5.74, 6) is -0.459. The van der Waals surface area contributed by atoms with E-state index >= 15 is 0 Å². The fourth-order valence-corrected chi connectivity index (χ4v) is 3.53. The molecule has 2 heterocycles. The molecule has 1 fully saturated rings. The molecule has 0 radical (unpaired) electrons. The molecule has 2 aliphatic rings. The van der Waals surface area contributed by atoms with E-state index in [1.807, 2.05) is 0 Å². The Kier molecular flexibility index (Phi) is 5.25. The van der Waals surface area contributed by atoms with E-state index in [1.54, 1.807) is 35.2 Å². The van der Waals surface area contributed by atoms with Gasteiger partial charge in [0.25, 0.3) is 5.91 Å². The molecule has 0 bridgehead atoms. The van der Waals surface area contributed by atoms with Crippen molar-refractivity contribution in [3.63, 3.8) is 0 Å². The lowest BCUT2D eigenvalue weighted by atomic mass is 10.1. The Labute approximate surface area is 162 Å². The van der Waals surface area contributed by atoms with Crippen molar-refractivity contribution >= 4 is 17.6 Å². The largest absolute Gasteiger partial charge is 0.376 e. The van der Waals surface area contributed by atoms with Crippen LogP contribution >= 0.6 is 0 Å². The first kappa shape index (κ1) is 18.4. The molecule has 0 unspecified atom stereocenters. The quantitative estimate of drug-likeness (QED) is 0.851. The molecule has 0 aromatic heterocycles. The Morgan fingerprint density at radius 2 is 1.89 bits per heavy atom. The molecular weight excluding hydrogens is 361 g/mol. The van der Waals surface area contributed by atoms with E-state index in [0.717, 1.165) is 30.6 Å². The first-order valence-corrected chi connectivity index (χ1v) is 9.41. The third-order valence-corrected chi connectivity index (χ3v) is 5.09. The molecular formula is C21H22FN3O3. The second-order valence-corrected chi connectivity index (χ2v) is 7.12. The van der Waals surface area contributed by atoms with Crippen molar-refractivity contribution in [3.05, 3.63) is 65.0 Å². The van der Waals surface area contributed by atoms with Gasteiger partial charge in [-0.1, -0.05) is 6.07 Å². The molecule has 6 nitrogen and oxygen atoms in total. The third kappa shape index (κ3) is 4.14. The Balaban J connectivity index is 1.30. The van der Waals surface area contributed by atoms with E-state index in [4.69, 9.17) is 4.74 Å². The number of carbonyl (C=O) groups excluding carboxylic acids is 2. The van der Waals surface area contributed by atoms with Gasteiger partial charge in [-0.05, 0) is 60.4 Å². The number of carbonyl (C=O) groups is 2. The van der Waals surface area contributed by atoms with Gasteiger partial charge in [-0.25, -0.2) is 9.18 Å². The molecule has 2 aliphatic heterocycles. The van der Waals surface area contributed by atoms with Crippen molar-refractivity contribution in [2.75, 3.05) is 18.5 Å². The summed E-state index contributed by atoms with van der Waals surface area (Å²) in [7, 11) is 0. The lowest BCUT2D eigenvalue weighted by Gasteiger charge is -2.16. The number of benzene rings is 2. The number of anilines is 1. The van der Waals surface area contributed by atoms with Crippen LogP contribution in [0, 0.1) is 5.82 Å². The smallest absolute Gasteiger partial charge is 0.322 e. The second-order valence-electron chi connectivity index (χ2n) is 7.12. The standard InChI is InChI=1S/C21H22FN3O3/c22-17-6-3-15-12-25(13-16(15)10-17)21(27)24-18-7-4-14(5-8-18)20(26)23-11-19-2-1-9-28-19/h3-8,10,19H,1-2,9,11-13H2,(H,23,26)(H,24,27)/t19-/m0/s1. The van der Waals surface area contributed by atoms with Gasteiger partial charge in [-0.15, -0.1) is 0 Å². The minimum absolute atomic E-state index is 0.0978. The van der Waals surface area contributed by atoms with Crippen LogP contribution in [0.1, 0.15) is 34.3 Å². The molecule has 4 rings (SSSR count). The number of hydrogen-bond donors (Lipinski definition) is 2. The lowest BCUT2D eigenvalue weighted by Crippen LogP contribution is -2.32. The Morgan fingerprint density at radius 3 is 2.64 bits per heavy atom. The topological polar surface area (TPSA) is 70.7 Å². The maximum atomic E-state index is 13.3. The van der Waals surface area contributed by atoms with Crippen molar-refractivity contribution in [3.8, 4) is 0 Å². The third-order valence-electron chi connectivity index (χ3n) is 5.09. The van der Waals surface area contributed by atoms with Gasteiger partial charge in [0.15, 0.2) is 0 Å². The van der Waals surface area contributed by atoms with E-state index in [9.17, 15) is 14.0 Å². The summed E-state index contributed by atoms with van der Waals surface area (Å²) in [5, 5.41) is 5.69. The number of fused-ring (bicyclic) bond motifs is 1. The van der Waals surface area contributed by atoms with Crippen LogP contribution in [-0.4, -0.2) is 36.1 Å². The van der Waals surface area contributed by atoms with Crippen molar-refractivity contribution in [1.29, 1.82) is 0 Å². The van der Waals surface area contributed by atoms with Crippen LogP contribution in [0.25, 0.3) is 0 Å². The molecule has 3 amide bonds. The average molecular weight is 383 g/mol. The molecule has 0 aliphatic carbocycles. The van der Waals surface area contributed by atoms with Crippen LogP contribution in [0.15, 0.2) is 42.5 Å². The maximum absolute atomic E-state index is 13.3. The van der Waals surface area contributed by atoms with Crippen molar-refractivity contribution in [1.82, 2.24) is 10.2 Å². The van der Waals surface area contributed by atoms with Gasteiger partial charge in [0, 0.05) is 37.5 Å². The summed E-state index contributed by atoms with van der Waals surface area (Å²) in [6.45, 7) is 2.09. The van der Waals surface area contributed by atoms with Crippen LogP contribution in [0.4, 0.5) is 14.9 Å². The zero-order valence-corrected chi connectivity index (χ0v) is 15.4. The number of nitrogens with zero attached hydrogens (tertiary/aromatic N) is 1. The fraction of sp³-hybridized carbons (Fsp3) is 0.333. The van der Waals surface area contributed by atoms with Crippen LogP contribution in [0.2, 0.25) is 0 Å². The minimum atomic E-state index is -0.297. The number of ether oxygens (including phenoxy) is 1. The average Bonchev–Trinajstić information content (AvgIpc) is 3.36. The minimum Gasteiger partial charge on any atom is -0.376 e. The number of amides is 3. The van der Waals surface area contributed by atoms with Crippen LogP contribution in [-0.2, 0) is 17.8 Å². The van der Waals surface area contributed by atoms with Gasteiger partial charge in [0.1, 0.15) is 5.82 Å². The van der Waals surface area contributed by atoms with Crippen molar-refractivity contribution in [2.24, 2.45) is 0 Å². The number of urea groups is 1. The molecule has 7 heteroatoms. The van der Waals surface area contributed by atoms with Gasteiger partial charge < -0.3 is 20.3 Å². The highest BCUT2D eigenvalue weighted by Crippen LogP contribution is 2.24. The molecule has 2 aromatic carbocycles. The summed E-state index contributed by atoms with van der Waals surface area (Å²) < 4.78 is 18.8. The molecule has 1 atom stereocenters. The van der Waals surface area contributed by atoms with E-state index in [1.165, 1.54) is 12.1 Å². The molecule has 0 spiro atoms. The fourth-order valence-electron chi connectivity index (χ4n) is 3.53. The van der Waals surface area contributed by atoms with Crippen molar-refractivity contribution in [2.45, 2.75) is 32.0 Å². The summed E-state index contributed by atoms with van der Waals surface area (Å²) in [6, 6.07) is 11.1. The lowest BCUT2D eigenvalue weighted by molar-refractivity contribution is 0.0858. The van der Waals surface area contributed by atoms with E-state index in [-0.39, 0.29) is 23.9 Å². The van der Waals surface area contributed by atoms with Crippen LogP contribution in [0.3, 0.4) is 0 Å². The summed E-state index contributed by atoms with van der Waals surface area (Å²) in [4.78, 5) is 26.3.